The second-order valence-electron chi connectivity index (χ2n) is 5.30. The average molecular weight is 284 g/mol. The standard InChI is InChI=1S/C14H18ClNO3/c15-9-7-10-13(19-6-2-5-18-10)11(12(9)17)14(8-16)3-1-4-14/h7,17H,1-6,8,16H2. The fourth-order valence-electron chi connectivity index (χ4n) is 2.92. The van der Waals surface area contributed by atoms with Gasteiger partial charge in [0.25, 0.3) is 0 Å². The van der Waals surface area contributed by atoms with Crippen LogP contribution in [-0.2, 0) is 5.41 Å². The molecule has 1 aliphatic carbocycles. The maximum Gasteiger partial charge on any atom is 0.168 e. The van der Waals surface area contributed by atoms with Gasteiger partial charge in [-0.15, -0.1) is 0 Å². The van der Waals surface area contributed by atoms with Crippen LogP contribution in [0, 0.1) is 0 Å². The molecular formula is C14H18ClNO3. The van der Waals surface area contributed by atoms with Gasteiger partial charge in [-0.1, -0.05) is 18.0 Å². The van der Waals surface area contributed by atoms with Gasteiger partial charge < -0.3 is 20.3 Å². The molecule has 104 valence electrons. The summed E-state index contributed by atoms with van der Waals surface area (Å²) in [6.07, 6.45) is 3.83. The zero-order valence-corrected chi connectivity index (χ0v) is 11.5. The Bertz CT molecular complexity index is 494. The first-order valence-electron chi connectivity index (χ1n) is 6.69. The van der Waals surface area contributed by atoms with Gasteiger partial charge in [-0.05, 0) is 12.8 Å². The lowest BCUT2D eigenvalue weighted by Crippen LogP contribution is -2.42. The zero-order valence-electron chi connectivity index (χ0n) is 10.7. The smallest absolute Gasteiger partial charge is 0.168 e. The van der Waals surface area contributed by atoms with Crippen molar-refractivity contribution in [3.05, 3.63) is 16.7 Å². The quantitative estimate of drug-likeness (QED) is 0.876. The number of benzene rings is 1. The third-order valence-corrected chi connectivity index (χ3v) is 4.48. The van der Waals surface area contributed by atoms with E-state index in [1.807, 2.05) is 0 Å². The summed E-state index contributed by atoms with van der Waals surface area (Å²) < 4.78 is 11.5. The van der Waals surface area contributed by atoms with Gasteiger partial charge in [0.15, 0.2) is 11.5 Å². The largest absolute Gasteiger partial charge is 0.506 e. The van der Waals surface area contributed by atoms with Crippen molar-refractivity contribution in [1.29, 1.82) is 0 Å². The van der Waals surface area contributed by atoms with Crippen LogP contribution in [0.25, 0.3) is 0 Å². The number of phenolic OH excluding ortho intramolecular Hbond substituents is 1. The van der Waals surface area contributed by atoms with Crippen molar-refractivity contribution in [3.63, 3.8) is 0 Å². The average Bonchev–Trinajstić information content (AvgIpc) is 2.58. The number of rotatable bonds is 2. The van der Waals surface area contributed by atoms with Gasteiger partial charge in [0.2, 0.25) is 0 Å². The molecule has 1 heterocycles. The molecule has 1 aromatic rings. The Hall–Kier alpha value is -1.13. The van der Waals surface area contributed by atoms with E-state index in [0.717, 1.165) is 31.2 Å². The molecule has 2 aliphatic rings. The van der Waals surface area contributed by atoms with E-state index in [1.54, 1.807) is 6.07 Å². The molecule has 0 amide bonds. The molecule has 19 heavy (non-hydrogen) atoms. The molecule has 0 bridgehead atoms. The SMILES string of the molecule is NCC1(c2c(O)c(Cl)cc3c2OCCCO3)CCC1. The number of aromatic hydroxyl groups is 1. The lowest BCUT2D eigenvalue weighted by Gasteiger charge is -2.42. The fraction of sp³-hybridized carbons (Fsp3) is 0.571. The summed E-state index contributed by atoms with van der Waals surface area (Å²) >= 11 is 6.12. The van der Waals surface area contributed by atoms with Gasteiger partial charge in [0.1, 0.15) is 5.75 Å². The van der Waals surface area contributed by atoms with Crippen molar-refractivity contribution in [1.82, 2.24) is 0 Å². The number of ether oxygens (including phenoxy) is 2. The topological polar surface area (TPSA) is 64.7 Å². The monoisotopic (exact) mass is 283 g/mol. The normalized spacial score (nSPS) is 20.5. The van der Waals surface area contributed by atoms with E-state index in [2.05, 4.69) is 0 Å². The molecule has 0 unspecified atom stereocenters. The van der Waals surface area contributed by atoms with Crippen LogP contribution >= 0.6 is 11.6 Å². The van der Waals surface area contributed by atoms with Crippen molar-refractivity contribution in [2.45, 2.75) is 31.1 Å². The maximum atomic E-state index is 10.4. The highest BCUT2D eigenvalue weighted by Crippen LogP contribution is 2.55. The summed E-state index contributed by atoms with van der Waals surface area (Å²) in [6.45, 7) is 1.67. The number of halogens is 1. The molecular weight excluding hydrogens is 266 g/mol. The van der Waals surface area contributed by atoms with E-state index in [4.69, 9.17) is 26.8 Å². The van der Waals surface area contributed by atoms with Crippen molar-refractivity contribution >= 4 is 11.6 Å². The summed E-state index contributed by atoms with van der Waals surface area (Å²) in [5.74, 6) is 1.34. The number of phenols is 1. The first kappa shape index (κ1) is 12.9. The highest BCUT2D eigenvalue weighted by molar-refractivity contribution is 6.32. The number of hydrogen-bond acceptors (Lipinski definition) is 4. The molecule has 0 aromatic heterocycles. The Morgan fingerprint density at radius 3 is 2.63 bits per heavy atom. The van der Waals surface area contributed by atoms with Gasteiger partial charge in [-0.3, -0.25) is 0 Å². The predicted molar refractivity (Wildman–Crippen MR) is 73.3 cm³/mol. The second kappa shape index (κ2) is 4.76. The molecule has 3 N–H and O–H groups in total. The van der Waals surface area contributed by atoms with Crippen LogP contribution in [-0.4, -0.2) is 24.9 Å². The van der Waals surface area contributed by atoms with Gasteiger partial charge in [-0.25, -0.2) is 0 Å². The molecule has 1 saturated carbocycles. The zero-order chi connectivity index (χ0) is 13.5. The minimum atomic E-state index is -0.216. The molecule has 5 heteroatoms. The minimum Gasteiger partial charge on any atom is -0.506 e. The van der Waals surface area contributed by atoms with Gasteiger partial charge in [0, 0.05) is 30.0 Å². The van der Waals surface area contributed by atoms with Crippen LogP contribution in [0.5, 0.6) is 17.2 Å². The molecule has 1 aliphatic heterocycles. The summed E-state index contributed by atoms with van der Waals surface area (Å²) in [7, 11) is 0. The van der Waals surface area contributed by atoms with Crippen LogP contribution in [0.4, 0.5) is 0 Å². The van der Waals surface area contributed by atoms with E-state index >= 15 is 0 Å². The number of nitrogens with two attached hydrogens (primary N) is 1. The molecule has 0 radical (unpaired) electrons. The Kier molecular flexibility index (Phi) is 3.23. The van der Waals surface area contributed by atoms with E-state index in [9.17, 15) is 5.11 Å². The first-order chi connectivity index (χ1) is 9.18. The van der Waals surface area contributed by atoms with Crippen molar-refractivity contribution < 1.29 is 14.6 Å². The van der Waals surface area contributed by atoms with Gasteiger partial charge >= 0.3 is 0 Å². The molecule has 1 aromatic carbocycles. The van der Waals surface area contributed by atoms with Crippen molar-refractivity contribution in [3.8, 4) is 17.2 Å². The fourth-order valence-corrected chi connectivity index (χ4v) is 3.11. The maximum absolute atomic E-state index is 10.4. The van der Waals surface area contributed by atoms with Gasteiger partial charge in [-0.2, -0.15) is 0 Å². The van der Waals surface area contributed by atoms with Crippen LogP contribution in [0.3, 0.4) is 0 Å². The Morgan fingerprint density at radius 2 is 2.00 bits per heavy atom. The molecule has 1 fully saturated rings. The Morgan fingerprint density at radius 1 is 1.26 bits per heavy atom. The van der Waals surface area contributed by atoms with Crippen molar-refractivity contribution in [2.75, 3.05) is 19.8 Å². The number of fused-ring (bicyclic) bond motifs is 1. The second-order valence-corrected chi connectivity index (χ2v) is 5.70. The van der Waals surface area contributed by atoms with E-state index in [-0.39, 0.29) is 11.2 Å². The highest BCUT2D eigenvalue weighted by Gasteiger charge is 2.43. The van der Waals surface area contributed by atoms with Crippen molar-refractivity contribution in [2.24, 2.45) is 5.73 Å². The van der Waals surface area contributed by atoms with Crippen LogP contribution in [0.15, 0.2) is 6.07 Å². The number of hydrogen-bond donors (Lipinski definition) is 2. The molecule has 0 spiro atoms. The van der Waals surface area contributed by atoms with E-state index in [1.165, 1.54) is 0 Å². The van der Waals surface area contributed by atoms with E-state index in [0.29, 0.717) is 36.3 Å². The Labute approximate surface area is 117 Å². The van der Waals surface area contributed by atoms with Crippen LogP contribution in [0.1, 0.15) is 31.2 Å². The molecule has 4 nitrogen and oxygen atoms in total. The highest BCUT2D eigenvalue weighted by atomic mass is 35.5. The third kappa shape index (κ3) is 1.94. The van der Waals surface area contributed by atoms with Crippen LogP contribution in [0.2, 0.25) is 5.02 Å². The summed E-state index contributed by atoms with van der Waals surface area (Å²) in [5.41, 5.74) is 6.47. The minimum absolute atomic E-state index is 0.0936. The Balaban J connectivity index is 2.18. The van der Waals surface area contributed by atoms with Gasteiger partial charge in [0.05, 0.1) is 18.2 Å². The van der Waals surface area contributed by atoms with E-state index < -0.39 is 0 Å². The predicted octanol–water partition coefficient (Wildman–Crippen LogP) is 2.59. The summed E-state index contributed by atoms with van der Waals surface area (Å²) in [5, 5.41) is 10.7. The van der Waals surface area contributed by atoms with Crippen LogP contribution < -0.4 is 15.2 Å². The first-order valence-corrected chi connectivity index (χ1v) is 7.07. The lowest BCUT2D eigenvalue weighted by molar-refractivity contribution is 0.228. The molecule has 0 saturated heterocycles. The summed E-state index contributed by atoms with van der Waals surface area (Å²) in [6, 6.07) is 1.63. The summed E-state index contributed by atoms with van der Waals surface area (Å²) in [4.78, 5) is 0. The molecule has 0 atom stereocenters. The molecule has 3 rings (SSSR count). The third-order valence-electron chi connectivity index (χ3n) is 4.20. The lowest BCUT2D eigenvalue weighted by atomic mass is 9.64.